The summed E-state index contributed by atoms with van der Waals surface area (Å²) in [5.74, 6) is -0.953. The van der Waals surface area contributed by atoms with Gasteiger partial charge in [-0.25, -0.2) is 4.79 Å². The van der Waals surface area contributed by atoms with Gasteiger partial charge in [-0.1, -0.05) is 128 Å². The SMILES string of the molecule is CCCCCCCCCCCCCCCCOC(=O)CCC.O=C(O)C=Cc1ccccc1. The predicted molar refractivity (Wildman–Crippen MR) is 139 cm³/mol. The number of carboxylic acids is 1. The van der Waals surface area contributed by atoms with Gasteiger partial charge in [-0.3, -0.25) is 4.79 Å². The van der Waals surface area contributed by atoms with Crippen LogP contribution in [-0.4, -0.2) is 23.7 Å². The number of hydrogen-bond acceptors (Lipinski definition) is 3. The lowest BCUT2D eigenvalue weighted by molar-refractivity contribution is -0.143. The van der Waals surface area contributed by atoms with Crippen LogP contribution in [0.3, 0.4) is 0 Å². The Morgan fingerprint density at radius 1 is 0.727 bits per heavy atom. The molecule has 4 heteroatoms. The average Bonchev–Trinajstić information content (AvgIpc) is 2.81. The van der Waals surface area contributed by atoms with Crippen molar-refractivity contribution in [2.75, 3.05) is 6.61 Å². The molecule has 33 heavy (non-hydrogen) atoms. The predicted octanol–water partition coefficient (Wildman–Crippen LogP) is 8.60. The third-order valence-electron chi connectivity index (χ3n) is 5.43. The van der Waals surface area contributed by atoms with Gasteiger partial charge in [0.05, 0.1) is 6.61 Å². The zero-order valence-electron chi connectivity index (χ0n) is 21.2. The number of carbonyl (C=O) groups excluding carboxylic acids is 1. The van der Waals surface area contributed by atoms with E-state index in [1.165, 1.54) is 83.5 Å². The number of aliphatic carboxylic acids is 1. The van der Waals surface area contributed by atoms with Crippen molar-refractivity contribution in [2.24, 2.45) is 0 Å². The molecular formula is C29H48O4. The summed E-state index contributed by atoms with van der Waals surface area (Å²) in [4.78, 5) is 21.2. The number of hydrogen-bond donors (Lipinski definition) is 1. The molecule has 0 aliphatic rings. The highest BCUT2D eigenvalue weighted by Gasteiger charge is 1.99. The smallest absolute Gasteiger partial charge is 0.328 e. The summed E-state index contributed by atoms with van der Waals surface area (Å²) in [5.41, 5.74) is 0.898. The van der Waals surface area contributed by atoms with Crippen molar-refractivity contribution >= 4 is 18.0 Å². The van der Waals surface area contributed by atoms with Gasteiger partial charge in [0, 0.05) is 12.5 Å². The summed E-state index contributed by atoms with van der Waals surface area (Å²) in [6.07, 6.45) is 23.2. The minimum absolute atomic E-state index is 0.0304. The number of carbonyl (C=O) groups is 2. The van der Waals surface area contributed by atoms with Crippen LogP contribution in [0.15, 0.2) is 36.4 Å². The van der Waals surface area contributed by atoms with Crippen LogP contribution in [-0.2, 0) is 14.3 Å². The molecule has 1 N–H and O–H groups in total. The van der Waals surface area contributed by atoms with Crippen LogP contribution >= 0.6 is 0 Å². The fraction of sp³-hybridized carbons (Fsp3) is 0.655. The van der Waals surface area contributed by atoms with E-state index < -0.39 is 5.97 Å². The molecule has 1 rings (SSSR count). The van der Waals surface area contributed by atoms with Crippen LogP contribution < -0.4 is 0 Å². The molecule has 0 aromatic heterocycles. The van der Waals surface area contributed by atoms with Gasteiger partial charge in [0.1, 0.15) is 0 Å². The van der Waals surface area contributed by atoms with E-state index in [2.05, 4.69) is 6.92 Å². The van der Waals surface area contributed by atoms with Gasteiger partial charge >= 0.3 is 11.9 Å². The number of rotatable bonds is 19. The van der Waals surface area contributed by atoms with Crippen LogP contribution in [0.1, 0.15) is 122 Å². The summed E-state index contributed by atoms with van der Waals surface area (Å²) >= 11 is 0. The Bertz CT molecular complexity index is 595. The van der Waals surface area contributed by atoms with Gasteiger partial charge in [0.2, 0.25) is 0 Å². The third-order valence-corrected chi connectivity index (χ3v) is 5.43. The lowest BCUT2D eigenvalue weighted by Gasteiger charge is -2.04. The van der Waals surface area contributed by atoms with Crippen LogP contribution in [0, 0.1) is 0 Å². The van der Waals surface area contributed by atoms with Crippen LogP contribution in [0.4, 0.5) is 0 Å². The highest BCUT2D eigenvalue weighted by atomic mass is 16.5. The van der Waals surface area contributed by atoms with Gasteiger partial charge in [-0.05, 0) is 24.5 Å². The zero-order chi connectivity index (χ0) is 24.4. The standard InChI is InChI=1S/C20H40O2.C9H8O2/c1-3-5-6-7-8-9-10-11-12-13-14-15-16-17-19-22-20(21)18-4-2;10-9(11)7-6-8-4-2-1-3-5-8/h3-19H2,1-2H3;1-7H,(H,10,11). The fourth-order valence-electron chi connectivity index (χ4n) is 3.49. The van der Waals surface area contributed by atoms with Gasteiger partial charge in [-0.2, -0.15) is 0 Å². The monoisotopic (exact) mass is 460 g/mol. The van der Waals surface area contributed by atoms with Gasteiger partial charge in [-0.15, -0.1) is 0 Å². The molecule has 0 unspecified atom stereocenters. The maximum Gasteiger partial charge on any atom is 0.328 e. The normalized spacial score (nSPS) is 10.6. The first kappa shape index (κ1) is 30.9. The van der Waals surface area contributed by atoms with E-state index in [1.54, 1.807) is 6.08 Å². The molecule has 1 aromatic carbocycles. The highest BCUT2D eigenvalue weighted by molar-refractivity contribution is 5.85. The molecule has 0 spiro atoms. The van der Waals surface area contributed by atoms with Crippen molar-refractivity contribution in [1.29, 1.82) is 0 Å². The molecule has 0 aliphatic carbocycles. The van der Waals surface area contributed by atoms with Gasteiger partial charge in [0.15, 0.2) is 0 Å². The van der Waals surface area contributed by atoms with Crippen molar-refractivity contribution < 1.29 is 19.4 Å². The molecule has 4 nitrogen and oxygen atoms in total. The Morgan fingerprint density at radius 2 is 1.21 bits per heavy atom. The Balaban J connectivity index is 0.000000771. The molecule has 0 saturated heterocycles. The van der Waals surface area contributed by atoms with Crippen LogP contribution in [0.25, 0.3) is 6.08 Å². The van der Waals surface area contributed by atoms with Crippen molar-refractivity contribution in [1.82, 2.24) is 0 Å². The maximum atomic E-state index is 11.2. The van der Waals surface area contributed by atoms with Crippen LogP contribution in [0.2, 0.25) is 0 Å². The molecule has 0 saturated carbocycles. The maximum absolute atomic E-state index is 11.2. The zero-order valence-corrected chi connectivity index (χ0v) is 21.2. The second-order valence-corrected chi connectivity index (χ2v) is 8.65. The topological polar surface area (TPSA) is 63.6 Å². The minimum atomic E-state index is -0.922. The summed E-state index contributed by atoms with van der Waals surface area (Å²) in [6, 6.07) is 9.31. The Kier molecular flexibility index (Phi) is 23.0. The average molecular weight is 461 g/mol. The van der Waals surface area contributed by atoms with Gasteiger partial charge < -0.3 is 9.84 Å². The quantitative estimate of drug-likeness (QED) is 0.127. The number of ether oxygens (including phenoxy) is 1. The Hall–Kier alpha value is -2.10. The Labute approximate surface area is 202 Å². The second kappa shape index (κ2) is 24.5. The number of carboxylic acid groups (broad SMARTS) is 1. The molecule has 0 amide bonds. The van der Waals surface area contributed by atoms with Crippen molar-refractivity contribution in [3.05, 3.63) is 42.0 Å². The summed E-state index contributed by atoms with van der Waals surface area (Å²) in [5, 5.41) is 8.29. The molecule has 0 bridgehead atoms. The van der Waals surface area contributed by atoms with E-state index in [9.17, 15) is 9.59 Å². The molecule has 0 heterocycles. The Morgan fingerprint density at radius 3 is 1.67 bits per heavy atom. The number of benzene rings is 1. The second-order valence-electron chi connectivity index (χ2n) is 8.65. The first-order valence-corrected chi connectivity index (χ1v) is 13.2. The summed E-state index contributed by atoms with van der Waals surface area (Å²) < 4.78 is 5.15. The number of esters is 1. The summed E-state index contributed by atoms with van der Waals surface area (Å²) in [7, 11) is 0. The largest absolute Gasteiger partial charge is 0.478 e. The fourth-order valence-corrected chi connectivity index (χ4v) is 3.49. The summed E-state index contributed by atoms with van der Waals surface area (Å²) in [6.45, 7) is 4.91. The van der Waals surface area contributed by atoms with Gasteiger partial charge in [0.25, 0.3) is 0 Å². The van der Waals surface area contributed by atoms with Crippen molar-refractivity contribution in [3.8, 4) is 0 Å². The van der Waals surface area contributed by atoms with Crippen molar-refractivity contribution in [3.63, 3.8) is 0 Å². The third kappa shape index (κ3) is 24.4. The van der Waals surface area contributed by atoms with E-state index in [-0.39, 0.29) is 5.97 Å². The first-order valence-electron chi connectivity index (χ1n) is 13.2. The molecular weight excluding hydrogens is 412 g/mol. The van der Waals surface area contributed by atoms with E-state index in [0.717, 1.165) is 24.5 Å². The van der Waals surface area contributed by atoms with E-state index in [4.69, 9.17) is 9.84 Å². The molecule has 0 atom stereocenters. The molecule has 1 aromatic rings. The lowest BCUT2D eigenvalue weighted by Crippen LogP contribution is -2.04. The van der Waals surface area contributed by atoms with Crippen LogP contribution in [0.5, 0.6) is 0 Å². The number of unbranched alkanes of at least 4 members (excludes halogenated alkanes) is 13. The van der Waals surface area contributed by atoms with Crippen molar-refractivity contribution in [2.45, 2.75) is 117 Å². The van der Waals surface area contributed by atoms with E-state index in [1.807, 2.05) is 37.3 Å². The highest BCUT2D eigenvalue weighted by Crippen LogP contribution is 2.13. The van der Waals surface area contributed by atoms with E-state index in [0.29, 0.717) is 13.0 Å². The molecule has 0 radical (unpaired) electrons. The minimum Gasteiger partial charge on any atom is -0.478 e. The first-order chi connectivity index (χ1) is 16.1. The molecule has 0 aliphatic heterocycles. The lowest BCUT2D eigenvalue weighted by atomic mass is 10.0. The molecule has 0 fully saturated rings. The van der Waals surface area contributed by atoms with E-state index >= 15 is 0 Å². The molecule has 188 valence electrons.